The molecule has 2 N–H and O–H groups in total. The highest BCUT2D eigenvalue weighted by Gasteiger charge is 2.33. The Bertz CT molecular complexity index is 875. The van der Waals surface area contributed by atoms with Crippen molar-refractivity contribution in [3.05, 3.63) is 54.1 Å². The monoisotopic (exact) mass is 439 g/mol. The molecule has 0 fully saturated rings. The predicted molar refractivity (Wildman–Crippen MR) is 114 cm³/mol. The van der Waals surface area contributed by atoms with Crippen molar-refractivity contribution in [1.29, 1.82) is 0 Å². The van der Waals surface area contributed by atoms with Gasteiger partial charge in [-0.25, -0.2) is 0 Å². The summed E-state index contributed by atoms with van der Waals surface area (Å²) in [5.74, 6) is -0.764. The SMILES string of the molecule is CCN(CCC(=O)Nc1ccccc1SC)CC(=O)Nc1ccccc1C(F)(F)F. The third-order valence-corrected chi connectivity index (χ3v) is 5.15. The molecule has 0 saturated carbocycles. The highest BCUT2D eigenvalue weighted by Crippen LogP contribution is 2.34. The van der Waals surface area contributed by atoms with Crippen LogP contribution in [0.15, 0.2) is 53.4 Å². The molecular weight excluding hydrogens is 415 g/mol. The normalized spacial score (nSPS) is 11.4. The predicted octanol–water partition coefficient (Wildman–Crippen LogP) is 4.72. The highest BCUT2D eigenvalue weighted by molar-refractivity contribution is 7.98. The number of rotatable bonds is 9. The van der Waals surface area contributed by atoms with E-state index in [2.05, 4.69) is 10.6 Å². The maximum Gasteiger partial charge on any atom is 0.418 e. The van der Waals surface area contributed by atoms with Crippen LogP contribution in [0.2, 0.25) is 0 Å². The number of likely N-dealkylation sites (N-methyl/N-ethyl adjacent to an activating group) is 1. The van der Waals surface area contributed by atoms with Crippen molar-refractivity contribution < 1.29 is 22.8 Å². The Hall–Kier alpha value is -2.52. The summed E-state index contributed by atoms with van der Waals surface area (Å²) in [5, 5.41) is 5.17. The van der Waals surface area contributed by atoms with Gasteiger partial charge in [0.1, 0.15) is 0 Å². The maximum absolute atomic E-state index is 13.1. The molecule has 2 aromatic rings. The van der Waals surface area contributed by atoms with E-state index < -0.39 is 17.6 Å². The molecule has 0 unspecified atom stereocenters. The number of anilines is 2. The number of nitrogens with one attached hydrogen (secondary N) is 2. The quantitative estimate of drug-likeness (QED) is 0.555. The van der Waals surface area contributed by atoms with Gasteiger partial charge < -0.3 is 10.6 Å². The third kappa shape index (κ3) is 7.07. The van der Waals surface area contributed by atoms with E-state index in [1.54, 1.807) is 4.90 Å². The third-order valence-electron chi connectivity index (χ3n) is 4.36. The second kappa shape index (κ2) is 11.0. The number of hydrogen-bond acceptors (Lipinski definition) is 4. The van der Waals surface area contributed by atoms with Gasteiger partial charge in [-0.1, -0.05) is 31.2 Å². The van der Waals surface area contributed by atoms with Gasteiger partial charge in [-0.05, 0) is 37.1 Å². The molecule has 0 heterocycles. The maximum atomic E-state index is 13.1. The molecule has 5 nitrogen and oxygen atoms in total. The van der Waals surface area contributed by atoms with E-state index in [1.807, 2.05) is 37.4 Å². The number of benzene rings is 2. The molecule has 30 heavy (non-hydrogen) atoms. The average Bonchev–Trinajstić information content (AvgIpc) is 2.71. The summed E-state index contributed by atoms with van der Waals surface area (Å²) in [6, 6.07) is 12.3. The number of amides is 2. The Morgan fingerprint density at radius 2 is 1.57 bits per heavy atom. The van der Waals surface area contributed by atoms with Gasteiger partial charge in [0.15, 0.2) is 0 Å². The molecule has 2 aromatic carbocycles. The minimum atomic E-state index is -4.56. The molecule has 0 spiro atoms. The van der Waals surface area contributed by atoms with Crippen molar-refractivity contribution in [2.24, 2.45) is 0 Å². The molecule has 0 aliphatic rings. The van der Waals surface area contributed by atoms with E-state index in [9.17, 15) is 22.8 Å². The van der Waals surface area contributed by atoms with Crippen molar-refractivity contribution in [2.45, 2.75) is 24.4 Å². The van der Waals surface area contributed by atoms with Crippen LogP contribution < -0.4 is 10.6 Å². The minimum Gasteiger partial charge on any atom is -0.325 e. The zero-order valence-corrected chi connectivity index (χ0v) is 17.6. The van der Waals surface area contributed by atoms with Crippen LogP contribution in [0.4, 0.5) is 24.5 Å². The number of carbonyl (C=O) groups excluding carboxylic acids is 2. The van der Waals surface area contributed by atoms with Crippen molar-refractivity contribution in [2.75, 3.05) is 36.5 Å². The van der Waals surface area contributed by atoms with Gasteiger partial charge in [0, 0.05) is 17.9 Å². The molecule has 0 bridgehead atoms. The van der Waals surface area contributed by atoms with Gasteiger partial charge in [-0.15, -0.1) is 11.8 Å². The first-order valence-electron chi connectivity index (χ1n) is 9.36. The second-order valence-corrected chi connectivity index (χ2v) is 7.31. The van der Waals surface area contributed by atoms with Crippen molar-refractivity contribution >= 4 is 35.0 Å². The van der Waals surface area contributed by atoms with E-state index in [-0.39, 0.29) is 24.6 Å². The summed E-state index contributed by atoms with van der Waals surface area (Å²) in [7, 11) is 0. The lowest BCUT2D eigenvalue weighted by Gasteiger charge is -2.20. The van der Waals surface area contributed by atoms with E-state index >= 15 is 0 Å². The first-order valence-corrected chi connectivity index (χ1v) is 10.6. The summed E-state index contributed by atoms with van der Waals surface area (Å²) in [4.78, 5) is 27.2. The lowest BCUT2D eigenvalue weighted by Crippen LogP contribution is -2.35. The van der Waals surface area contributed by atoms with Crippen molar-refractivity contribution in [3.8, 4) is 0 Å². The molecule has 2 rings (SSSR count). The molecule has 0 aromatic heterocycles. The minimum absolute atomic E-state index is 0.114. The Kier molecular flexibility index (Phi) is 8.73. The number of halogens is 3. The van der Waals surface area contributed by atoms with Crippen LogP contribution in [0.3, 0.4) is 0 Å². The standard InChI is InChI=1S/C21H24F3N3O2S/c1-3-27(13-12-19(28)26-17-10-6-7-11-18(17)30-2)14-20(29)25-16-9-5-4-8-15(16)21(22,23)24/h4-11H,3,12-14H2,1-2H3,(H,25,29)(H,26,28). The second-order valence-electron chi connectivity index (χ2n) is 6.46. The summed E-state index contributed by atoms with van der Waals surface area (Å²) in [6.07, 6.45) is -2.48. The first kappa shape index (κ1) is 23.8. The van der Waals surface area contributed by atoms with E-state index in [0.717, 1.165) is 16.6 Å². The molecule has 9 heteroatoms. The van der Waals surface area contributed by atoms with Gasteiger partial charge in [0.25, 0.3) is 0 Å². The van der Waals surface area contributed by atoms with Crippen LogP contribution >= 0.6 is 11.8 Å². The molecule has 0 saturated heterocycles. The van der Waals surface area contributed by atoms with Crippen LogP contribution in [0.5, 0.6) is 0 Å². The van der Waals surface area contributed by atoms with Crippen LogP contribution in [0.25, 0.3) is 0 Å². The first-order chi connectivity index (χ1) is 14.2. The molecule has 2 amide bonds. The van der Waals surface area contributed by atoms with Crippen LogP contribution in [0, 0.1) is 0 Å². The fourth-order valence-corrected chi connectivity index (χ4v) is 3.36. The van der Waals surface area contributed by atoms with Gasteiger partial charge in [-0.3, -0.25) is 14.5 Å². The number of alkyl halides is 3. The fraction of sp³-hybridized carbons (Fsp3) is 0.333. The van der Waals surface area contributed by atoms with E-state index in [4.69, 9.17) is 0 Å². The number of nitrogens with zero attached hydrogens (tertiary/aromatic N) is 1. The van der Waals surface area contributed by atoms with Gasteiger partial charge >= 0.3 is 6.18 Å². The Morgan fingerprint density at radius 3 is 2.20 bits per heavy atom. The molecule has 162 valence electrons. The summed E-state index contributed by atoms with van der Waals surface area (Å²) >= 11 is 1.52. The molecule has 0 atom stereocenters. The number of hydrogen-bond donors (Lipinski definition) is 2. The Morgan fingerprint density at radius 1 is 0.967 bits per heavy atom. The lowest BCUT2D eigenvalue weighted by atomic mass is 10.1. The van der Waals surface area contributed by atoms with Gasteiger partial charge in [0.2, 0.25) is 11.8 Å². The van der Waals surface area contributed by atoms with Gasteiger partial charge in [0.05, 0.1) is 23.5 Å². The fourth-order valence-electron chi connectivity index (χ4n) is 2.80. The largest absolute Gasteiger partial charge is 0.418 e. The topological polar surface area (TPSA) is 61.4 Å². The summed E-state index contributed by atoms with van der Waals surface area (Å²) < 4.78 is 39.2. The zero-order chi connectivity index (χ0) is 22.1. The number of para-hydroxylation sites is 2. The van der Waals surface area contributed by atoms with E-state index in [0.29, 0.717) is 13.1 Å². The zero-order valence-electron chi connectivity index (χ0n) is 16.8. The van der Waals surface area contributed by atoms with Crippen molar-refractivity contribution in [1.82, 2.24) is 4.90 Å². The molecule has 0 aliphatic heterocycles. The van der Waals surface area contributed by atoms with E-state index in [1.165, 1.54) is 30.0 Å². The lowest BCUT2D eigenvalue weighted by molar-refractivity contribution is -0.137. The molecular formula is C21H24F3N3O2S. The summed E-state index contributed by atoms with van der Waals surface area (Å²) in [6.45, 7) is 2.48. The van der Waals surface area contributed by atoms with Crippen molar-refractivity contribution in [3.63, 3.8) is 0 Å². The van der Waals surface area contributed by atoms with Crippen LogP contribution in [0.1, 0.15) is 18.9 Å². The number of carbonyl (C=O) groups is 2. The summed E-state index contributed by atoms with van der Waals surface area (Å²) in [5.41, 5.74) is -0.453. The Balaban J connectivity index is 1.90. The average molecular weight is 440 g/mol. The van der Waals surface area contributed by atoms with Crippen LogP contribution in [-0.4, -0.2) is 42.6 Å². The highest BCUT2D eigenvalue weighted by atomic mass is 32.2. The van der Waals surface area contributed by atoms with Crippen LogP contribution in [-0.2, 0) is 15.8 Å². The van der Waals surface area contributed by atoms with Gasteiger partial charge in [-0.2, -0.15) is 13.2 Å². The smallest absolute Gasteiger partial charge is 0.325 e. The molecule has 0 aliphatic carbocycles. The number of thioether (sulfide) groups is 1. The molecule has 0 radical (unpaired) electrons. The Labute approximate surface area is 178 Å².